The molecule has 1 N–H and O–H groups in total. The van der Waals surface area contributed by atoms with Gasteiger partial charge >= 0.3 is 0 Å². The van der Waals surface area contributed by atoms with Crippen molar-refractivity contribution in [1.82, 2.24) is 4.98 Å². The Morgan fingerprint density at radius 2 is 1.80 bits per heavy atom. The molecule has 0 aliphatic carbocycles. The van der Waals surface area contributed by atoms with E-state index in [-0.39, 0.29) is 0 Å². The molecular weight excluding hydrogens is 493 g/mol. The molecule has 35 heavy (non-hydrogen) atoms. The summed E-state index contributed by atoms with van der Waals surface area (Å²) >= 11 is 12.6. The van der Waals surface area contributed by atoms with Gasteiger partial charge in [-0.05, 0) is 30.3 Å². The van der Waals surface area contributed by atoms with Crippen molar-refractivity contribution in [2.45, 2.75) is 6.29 Å². The largest absolute Gasteiger partial charge is 0.496 e. The summed E-state index contributed by atoms with van der Waals surface area (Å²) in [6, 6.07) is 12.7. The van der Waals surface area contributed by atoms with E-state index in [1.165, 1.54) is 13.3 Å². The van der Waals surface area contributed by atoms with E-state index in [1.807, 2.05) is 18.2 Å². The number of hydrogen-bond acceptors (Lipinski definition) is 8. The number of nitrogens with one attached hydrogen (secondary N) is 1. The van der Waals surface area contributed by atoms with Gasteiger partial charge in [-0.25, -0.2) is 0 Å². The van der Waals surface area contributed by atoms with Crippen LogP contribution < -0.4 is 14.8 Å². The van der Waals surface area contributed by atoms with E-state index in [1.54, 1.807) is 25.3 Å². The predicted octanol–water partition coefficient (Wildman–Crippen LogP) is 6.48. The molecule has 0 radical (unpaired) electrons. The van der Waals surface area contributed by atoms with Crippen LogP contribution >= 0.6 is 23.2 Å². The summed E-state index contributed by atoms with van der Waals surface area (Å²) in [5.41, 5.74) is 2.67. The van der Waals surface area contributed by atoms with Crippen LogP contribution in [0.1, 0.15) is 17.6 Å². The van der Waals surface area contributed by atoms with Crippen molar-refractivity contribution in [3.8, 4) is 28.9 Å². The third-order valence-electron chi connectivity index (χ3n) is 5.56. The molecule has 1 aliphatic rings. The number of pyridine rings is 1. The summed E-state index contributed by atoms with van der Waals surface area (Å²) in [5, 5.41) is 14.4. The van der Waals surface area contributed by atoms with Crippen LogP contribution in [-0.4, -0.2) is 32.4 Å². The maximum atomic E-state index is 9.76. The summed E-state index contributed by atoms with van der Waals surface area (Å²) in [7, 11) is 3.08. The number of nitrogens with zero attached hydrogens (tertiary/aromatic N) is 2. The van der Waals surface area contributed by atoms with Crippen molar-refractivity contribution in [2.75, 3.05) is 32.8 Å². The third kappa shape index (κ3) is 4.35. The summed E-state index contributed by atoms with van der Waals surface area (Å²) in [6.07, 6.45) is 0.971. The Balaban J connectivity index is 1.61. The van der Waals surface area contributed by atoms with Crippen LogP contribution in [0.5, 0.6) is 11.5 Å². The molecule has 4 aromatic rings. The second-order valence-electron chi connectivity index (χ2n) is 7.60. The van der Waals surface area contributed by atoms with Gasteiger partial charge in [-0.3, -0.25) is 4.98 Å². The van der Waals surface area contributed by atoms with Crippen molar-refractivity contribution < 1.29 is 23.4 Å². The Kier molecular flexibility index (Phi) is 6.41. The summed E-state index contributed by atoms with van der Waals surface area (Å²) in [6.45, 7) is 1.04. The first-order valence-electron chi connectivity index (χ1n) is 10.6. The minimum atomic E-state index is -0.525. The zero-order chi connectivity index (χ0) is 24.5. The fourth-order valence-corrected chi connectivity index (χ4v) is 4.37. The van der Waals surface area contributed by atoms with E-state index < -0.39 is 6.29 Å². The number of halogens is 2. The van der Waals surface area contributed by atoms with Crippen molar-refractivity contribution in [1.29, 1.82) is 5.26 Å². The number of benzene rings is 2. The summed E-state index contributed by atoms with van der Waals surface area (Å²) < 4.78 is 28.0. The Morgan fingerprint density at radius 1 is 1.03 bits per heavy atom. The molecule has 1 saturated heterocycles. The Labute approximate surface area is 210 Å². The number of nitriles is 1. The molecule has 2 aromatic carbocycles. The monoisotopic (exact) mass is 511 g/mol. The molecule has 1 fully saturated rings. The van der Waals surface area contributed by atoms with Crippen LogP contribution in [0.3, 0.4) is 0 Å². The Morgan fingerprint density at radius 3 is 2.51 bits per heavy atom. The number of ether oxygens (including phenoxy) is 4. The number of furan rings is 1. The van der Waals surface area contributed by atoms with Crippen molar-refractivity contribution in [2.24, 2.45) is 0 Å². The van der Waals surface area contributed by atoms with Gasteiger partial charge in [0, 0.05) is 17.6 Å². The lowest BCUT2D eigenvalue weighted by atomic mass is 10.0. The fourth-order valence-electron chi connectivity index (χ4n) is 3.86. The standard InChI is InChI=1S/C25H19Cl2N3O5/c1-31-22-8-14-18(7-15(22)20-3-4-21(35-20)25-33-5-6-34-25)29-12-13(11-28)24(14)30-19-10-23(32-2)17(27)9-16(19)26/h3-4,7-10,12,25H,5-6H2,1-2H3,(H,29,30). The number of methoxy groups -OCH3 is 2. The molecule has 0 unspecified atom stereocenters. The zero-order valence-electron chi connectivity index (χ0n) is 18.7. The maximum absolute atomic E-state index is 9.76. The fraction of sp³-hybridized carbons (Fsp3) is 0.200. The predicted molar refractivity (Wildman–Crippen MR) is 132 cm³/mol. The summed E-state index contributed by atoms with van der Waals surface area (Å²) in [4.78, 5) is 4.48. The highest BCUT2D eigenvalue weighted by molar-refractivity contribution is 6.37. The lowest BCUT2D eigenvalue weighted by Gasteiger charge is -2.16. The topological polar surface area (TPSA) is 98.8 Å². The van der Waals surface area contributed by atoms with Gasteiger partial charge in [0.1, 0.15) is 23.3 Å². The average molecular weight is 512 g/mol. The van der Waals surface area contributed by atoms with Gasteiger partial charge in [-0.15, -0.1) is 0 Å². The van der Waals surface area contributed by atoms with E-state index in [2.05, 4.69) is 16.4 Å². The van der Waals surface area contributed by atoms with Gasteiger partial charge in [0.25, 0.3) is 0 Å². The van der Waals surface area contributed by atoms with Gasteiger partial charge in [0.15, 0.2) is 5.76 Å². The van der Waals surface area contributed by atoms with Gasteiger partial charge in [0.2, 0.25) is 6.29 Å². The second-order valence-corrected chi connectivity index (χ2v) is 8.41. The van der Waals surface area contributed by atoms with Crippen LogP contribution in [0.4, 0.5) is 11.4 Å². The van der Waals surface area contributed by atoms with Crippen LogP contribution in [0.15, 0.2) is 47.0 Å². The Bertz CT molecular complexity index is 1460. The third-order valence-corrected chi connectivity index (χ3v) is 6.17. The summed E-state index contributed by atoms with van der Waals surface area (Å²) in [5.74, 6) is 2.12. The SMILES string of the molecule is COc1cc(Nc2c(C#N)cnc3cc(-c4ccc(C5OCCO5)o4)c(OC)cc23)c(Cl)cc1Cl. The molecule has 0 bridgehead atoms. The molecular formula is C25H19Cl2N3O5. The lowest BCUT2D eigenvalue weighted by molar-refractivity contribution is -0.0585. The van der Waals surface area contributed by atoms with Gasteiger partial charge < -0.3 is 28.7 Å². The average Bonchev–Trinajstić information content (AvgIpc) is 3.57. The highest BCUT2D eigenvalue weighted by Crippen LogP contribution is 2.41. The number of rotatable bonds is 6. The molecule has 0 saturated carbocycles. The van der Waals surface area contributed by atoms with Crippen LogP contribution in [0.2, 0.25) is 10.0 Å². The minimum Gasteiger partial charge on any atom is -0.496 e. The first kappa shape index (κ1) is 23.3. The Hall–Kier alpha value is -3.48. The molecule has 3 heterocycles. The molecule has 1 aliphatic heterocycles. The van der Waals surface area contributed by atoms with E-state index in [0.717, 1.165) is 0 Å². The highest BCUT2D eigenvalue weighted by Gasteiger charge is 2.24. The van der Waals surface area contributed by atoms with E-state index in [0.29, 0.717) is 79.7 Å². The van der Waals surface area contributed by atoms with E-state index in [4.69, 9.17) is 46.6 Å². The van der Waals surface area contributed by atoms with Crippen molar-refractivity contribution in [3.05, 3.63) is 64.0 Å². The van der Waals surface area contributed by atoms with Gasteiger partial charge in [-0.1, -0.05) is 23.2 Å². The lowest BCUT2D eigenvalue weighted by Crippen LogP contribution is -1.99. The molecule has 0 atom stereocenters. The first-order valence-corrected chi connectivity index (χ1v) is 11.3. The quantitative estimate of drug-likeness (QED) is 0.314. The van der Waals surface area contributed by atoms with Gasteiger partial charge in [0.05, 0.1) is 65.5 Å². The number of aromatic nitrogens is 1. The zero-order valence-corrected chi connectivity index (χ0v) is 20.2. The van der Waals surface area contributed by atoms with Gasteiger partial charge in [-0.2, -0.15) is 5.26 Å². The molecule has 0 amide bonds. The number of fused-ring (bicyclic) bond motifs is 1. The smallest absolute Gasteiger partial charge is 0.217 e. The molecule has 178 valence electrons. The number of anilines is 2. The van der Waals surface area contributed by atoms with Crippen molar-refractivity contribution >= 4 is 45.5 Å². The molecule has 10 heteroatoms. The normalized spacial score (nSPS) is 13.7. The van der Waals surface area contributed by atoms with E-state index in [9.17, 15) is 5.26 Å². The van der Waals surface area contributed by atoms with Crippen molar-refractivity contribution in [3.63, 3.8) is 0 Å². The minimum absolute atomic E-state index is 0.327. The second kappa shape index (κ2) is 9.64. The molecule has 2 aromatic heterocycles. The first-order chi connectivity index (χ1) is 17.0. The maximum Gasteiger partial charge on any atom is 0.217 e. The molecule has 5 rings (SSSR count). The van der Waals surface area contributed by atoms with Crippen LogP contribution in [-0.2, 0) is 9.47 Å². The molecule has 8 nitrogen and oxygen atoms in total. The highest BCUT2D eigenvalue weighted by atomic mass is 35.5. The van der Waals surface area contributed by atoms with Crippen LogP contribution in [0, 0.1) is 11.3 Å². The molecule has 0 spiro atoms. The van der Waals surface area contributed by atoms with E-state index >= 15 is 0 Å². The van der Waals surface area contributed by atoms with Crippen LogP contribution in [0.25, 0.3) is 22.2 Å². The number of hydrogen-bond donors (Lipinski definition) is 1.